The number of carboxylic acids is 1. The fourth-order valence-electron chi connectivity index (χ4n) is 2.45. The van der Waals surface area contributed by atoms with Gasteiger partial charge in [-0.2, -0.15) is 10.2 Å². The number of nitrogens with one attached hydrogen (secondary N) is 1. The molecule has 9 heteroatoms. The van der Waals surface area contributed by atoms with Gasteiger partial charge in [0.25, 0.3) is 5.91 Å². The first kappa shape index (κ1) is 17.2. The van der Waals surface area contributed by atoms with Crippen LogP contribution in [0, 0.1) is 0 Å². The quantitative estimate of drug-likeness (QED) is 0.664. The smallest absolute Gasteiger partial charge is 0.325 e. The fraction of sp³-hybridized carbons (Fsp3) is 0.176. The number of methoxy groups -OCH3 is 1. The molecule has 1 amide bonds. The van der Waals surface area contributed by atoms with E-state index >= 15 is 0 Å². The van der Waals surface area contributed by atoms with E-state index in [0.717, 1.165) is 16.0 Å². The summed E-state index contributed by atoms with van der Waals surface area (Å²) in [6, 6.07) is 9.07. The molecule has 0 bridgehead atoms. The number of rotatable bonds is 7. The second-order valence-corrected chi connectivity index (χ2v) is 5.50. The minimum atomic E-state index is -1.08. The lowest BCUT2D eigenvalue weighted by molar-refractivity contribution is -0.137. The molecule has 2 aromatic heterocycles. The molecule has 0 saturated heterocycles. The van der Waals surface area contributed by atoms with Gasteiger partial charge in [-0.3, -0.25) is 14.3 Å². The molecule has 2 N–H and O–H groups in total. The average Bonchev–Trinajstić information content (AvgIpc) is 3.24. The third-order valence-electron chi connectivity index (χ3n) is 3.60. The lowest BCUT2D eigenvalue weighted by Gasteiger charge is -2.05. The molecule has 0 radical (unpaired) electrons. The third-order valence-corrected chi connectivity index (χ3v) is 3.60. The van der Waals surface area contributed by atoms with Crippen LogP contribution in [0.3, 0.4) is 0 Å². The van der Waals surface area contributed by atoms with E-state index in [1.165, 1.54) is 18.5 Å². The zero-order valence-electron chi connectivity index (χ0n) is 14.0. The van der Waals surface area contributed by atoms with E-state index < -0.39 is 11.9 Å². The molecule has 0 unspecified atom stereocenters. The number of amides is 1. The SMILES string of the molecule is COc1cccc(Cn2cc(NC(=O)c3ccnn3CC(=O)O)cn2)c1. The predicted molar refractivity (Wildman–Crippen MR) is 92.1 cm³/mol. The Morgan fingerprint density at radius 3 is 2.88 bits per heavy atom. The van der Waals surface area contributed by atoms with E-state index in [1.54, 1.807) is 18.0 Å². The number of ether oxygens (including phenoxy) is 1. The van der Waals surface area contributed by atoms with Gasteiger partial charge in [-0.1, -0.05) is 12.1 Å². The number of aromatic nitrogens is 4. The predicted octanol–water partition coefficient (Wildman–Crippen LogP) is 1.47. The molecule has 0 aliphatic carbocycles. The Morgan fingerprint density at radius 2 is 2.12 bits per heavy atom. The Kier molecular flexibility index (Phi) is 4.97. The number of nitrogens with zero attached hydrogens (tertiary/aromatic N) is 4. The number of hydrogen-bond acceptors (Lipinski definition) is 5. The van der Waals surface area contributed by atoms with Crippen LogP contribution >= 0.6 is 0 Å². The molecule has 0 spiro atoms. The molecule has 0 atom stereocenters. The molecule has 9 nitrogen and oxygen atoms in total. The molecule has 26 heavy (non-hydrogen) atoms. The lowest BCUT2D eigenvalue weighted by atomic mass is 10.2. The molecular formula is C17H17N5O4. The Hall–Kier alpha value is -3.62. The Balaban J connectivity index is 1.67. The normalized spacial score (nSPS) is 10.5. The first-order valence-electron chi connectivity index (χ1n) is 7.75. The number of benzene rings is 1. The van der Waals surface area contributed by atoms with Crippen molar-refractivity contribution in [3.05, 3.63) is 60.2 Å². The van der Waals surface area contributed by atoms with Crippen molar-refractivity contribution in [3.63, 3.8) is 0 Å². The molecular weight excluding hydrogens is 338 g/mol. The summed E-state index contributed by atoms with van der Waals surface area (Å²) in [5, 5.41) is 19.6. The summed E-state index contributed by atoms with van der Waals surface area (Å²) in [5.41, 5.74) is 1.67. The van der Waals surface area contributed by atoms with Crippen LogP contribution in [0.2, 0.25) is 0 Å². The molecule has 3 aromatic rings. The molecule has 2 heterocycles. The highest BCUT2D eigenvalue weighted by Crippen LogP contribution is 2.15. The maximum absolute atomic E-state index is 12.3. The summed E-state index contributed by atoms with van der Waals surface area (Å²) in [4.78, 5) is 23.1. The largest absolute Gasteiger partial charge is 0.497 e. The maximum Gasteiger partial charge on any atom is 0.325 e. The van der Waals surface area contributed by atoms with E-state index in [2.05, 4.69) is 15.5 Å². The Bertz CT molecular complexity index is 931. The van der Waals surface area contributed by atoms with Crippen molar-refractivity contribution in [2.24, 2.45) is 0 Å². The Morgan fingerprint density at radius 1 is 1.27 bits per heavy atom. The van der Waals surface area contributed by atoms with Crippen LogP contribution in [0.1, 0.15) is 16.1 Å². The molecule has 134 valence electrons. The summed E-state index contributed by atoms with van der Waals surface area (Å²) < 4.78 is 8.00. The van der Waals surface area contributed by atoms with Gasteiger partial charge in [-0.25, -0.2) is 4.68 Å². The van der Waals surface area contributed by atoms with Gasteiger partial charge in [0.15, 0.2) is 0 Å². The first-order valence-corrected chi connectivity index (χ1v) is 7.75. The monoisotopic (exact) mass is 355 g/mol. The van der Waals surface area contributed by atoms with Gasteiger partial charge in [-0.15, -0.1) is 0 Å². The van der Waals surface area contributed by atoms with Crippen molar-refractivity contribution < 1.29 is 19.4 Å². The number of hydrogen-bond donors (Lipinski definition) is 2. The van der Waals surface area contributed by atoms with E-state index in [0.29, 0.717) is 12.2 Å². The van der Waals surface area contributed by atoms with Crippen molar-refractivity contribution in [1.82, 2.24) is 19.6 Å². The highest BCUT2D eigenvalue weighted by molar-refractivity contribution is 6.03. The van der Waals surface area contributed by atoms with Gasteiger partial charge in [0, 0.05) is 12.4 Å². The van der Waals surface area contributed by atoms with Gasteiger partial charge < -0.3 is 15.2 Å². The molecule has 0 fully saturated rings. The van der Waals surface area contributed by atoms with Crippen LogP contribution in [0.25, 0.3) is 0 Å². The number of carbonyl (C=O) groups is 2. The van der Waals surface area contributed by atoms with Crippen molar-refractivity contribution in [3.8, 4) is 5.75 Å². The number of carboxylic acid groups (broad SMARTS) is 1. The average molecular weight is 355 g/mol. The van der Waals surface area contributed by atoms with Gasteiger partial charge in [-0.05, 0) is 23.8 Å². The van der Waals surface area contributed by atoms with E-state index in [9.17, 15) is 9.59 Å². The molecule has 0 aliphatic heterocycles. The molecule has 3 rings (SSSR count). The second kappa shape index (κ2) is 7.51. The molecule has 1 aromatic carbocycles. The van der Waals surface area contributed by atoms with Crippen LogP contribution in [0.15, 0.2) is 48.9 Å². The lowest BCUT2D eigenvalue weighted by Crippen LogP contribution is -2.20. The van der Waals surface area contributed by atoms with E-state index in [-0.39, 0.29) is 12.2 Å². The third kappa shape index (κ3) is 4.07. The van der Waals surface area contributed by atoms with Crippen molar-refractivity contribution in [2.75, 3.05) is 12.4 Å². The highest BCUT2D eigenvalue weighted by atomic mass is 16.5. The standard InChI is InChI=1S/C17H17N5O4/c1-26-14-4-2-3-12(7-14)9-21-10-13(8-19-21)20-17(25)15-5-6-18-22(15)11-16(23)24/h2-8,10H,9,11H2,1H3,(H,20,25)(H,23,24). The zero-order chi connectivity index (χ0) is 18.5. The van der Waals surface area contributed by atoms with Crippen LogP contribution in [0.4, 0.5) is 5.69 Å². The summed E-state index contributed by atoms with van der Waals surface area (Å²) >= 11 is 0. The van der Waals surface area contributed by atoms with Crippen LogP contribution in [-0.4, -0.2) is 43.7 Å². The summed E-state index contributed by atoms with van der Waals surface area (Å²) in [5.74, 6) is -0.770. The number of carbonyl (C=O) groups excluding carboxylic acids is 1. The summed E-state index contributed by atoms with van der Waals surface area (Å²) in [6.45, 7) is 0.134. The maximum atomic E-state index is 12.3. The van der Waals surface area contributed by atoms with Crippen molar-refractivity contribution in [1.29, 1.82) is 0 Å². The van der Waals surface area contributed by atoms with Crippen LogP contribution < -0.4 is 10.1 Å². The van der Waals surface area contributed by atoms with E-state index in [4.69, 9.17) is 9.84 Å². The summed E-state index contributed by atoms with van der Waals surface area (Å²) in [6.07, 6.45) is 4.59. The zero-order valence-corrected chi connectivity index (χ0v) is 14.0. The Labute approximate surface area is 148 Å². The topological polar surface area (TPSA) is 111 Å². The van der Waals surface area contributed by atoms with Crippen LogP contribution in [0.5, 0.6) is 5.75 Å². The number of anilines is 1. The van der Waals surface area contributed by atoms with E-state index in [1.807, 2.05) is 24.3 Å². The molecule has 0 saturated carbocycles. The number of aliphatic carboxylic acids is 1. The summed E-state index contributed by atoms with van der Waals surface area (Å²) in [7, 11) is 1.61. The fourth-order valence-corrected chi connectivity index (χ4v) is 2.45. The van der Waals surface area contributed by atoms with Crippen molar-refractivity contribution in [2.45, 2.75) is 13.1 Å². The van der Waals surface area contributed by atoms with Gasteiger partial charge in [0.05, 0.1) is 25.5 Å². The van der Waals surface area contributed by atoms with Gasteiger partial charge in [0.1, 0.15) is 18.0 Å². The van der Waals surface area contributed by atoms with Crippen molar-refractivity contribution >= 4 is 17.6 Å². The minimum absolute atomic E-state index is 0.160. The van der Waals surface area contributed by atoms with Gasteiger partial charge in [0.2, 0.25) is 0 Å². The first-order chi connectivity index (χ1) is 12.5. The minimum Gasteiger partial charge on any atom is -0.497 e. The van der Waals surface area contributed by atoms with Crippen LogP contribution in [-0.2, 0) is 17.9 Å². The highest BCUT2D eigenvalue weighted by Gasteiger charge is 2.15. The second-order valence-electron chi connectivity index (χ2n) is 5.50. The molecule has 0 aliphatic rings. The van der Waals surface area contributed by atoms with Gasteiger partial charge >= 0.3 is 5.97 Å².